The molecule has 0 amide bonds. The van der Waals surface area contributed by atoms with E-state index in [0.29, 0.717) is 10.9 Å². The lowest BCUT2D eigenvalue weighted by Crippen LogP contribution is -2.61. The van der Waals surface area contributed by atoms with Crippen LogP contribution in [0.3, 0.4) is 0 Å². The molecule has 4 N–H and O–H groups in total. The summed E-state index contributed by atoms with van der Waals surface area (Å²) in [6.07, 6.45) is -5.53. The zero-order valence-electron chi connectivity index (χ0n) is 12.3. The molecule has 10 nitrogen and oxygen atoms in total. The average molecular weight is 340 g/mol. The van der Waals surface area contributed by atoms with Gasteiger partial charge in [-0.2, -0.15) is 4.73 Å². The van der Waals surface area contributed by atoms with E-state index in [1.54, 1.807) is 6.07 Å². The highest BCUT2D eigenvalue weighted by Gasteiger charge is 2.45. The lowest BCUT2D eigenvalue weighted by atomic mass is 9.99. The van der Waals surface area contributed by atoms with Gasteiger partial charge < -0.3 is 30.0 Å². The van der Waals surface area contributed by atoms with Crippen LogP contribution in [-0.4, -0.2) is 67.4 Å². The Kier molecular flexibility index (Phi) is 4.39. The molecule has 130 valence electrons. The van der Waals surface area contributed by atoms with Crippen LogP contribution in [0.2, 0.25) is 0 Å². The summed E-state index contributed by atoms with van der Waals surface area (Å²) in [6.45, 7) is -0.566. The number of rotatable bonds is 4. The van der Waals surface area contributed by atoms with E-state index in [0.717, 1.165) is 0 Å². The maximum absolute atomic E-state index is 10.8. The van der Waals surface area contributed by atoms with Crippen molar-refractivity contribution in [2.45, 2.75) is 30.7 Å². The number of aromatic nitrogens is 1. The van der Waals surface area contributed by atoms with Crippen LogP contribution in [0.25, 0.3) is 10.9 Å². The van der Waals surface area contributed by atoms with Crippen molar-refractivity contribution in [3.05, 3.63) is 40.6 Å². The molecule has 0 bridgehead atoms. The second-order valence-electron chi connectivity index (χ2n) is 5.44. The van der Waals surface area contributed by atoms with Crippen LogP contribution in [0.1, 0.15) is 0 Å². The molecular weight excluding hydrogens is 324 g/mol. The van der Waals surface area contributed by atoms with Crippen molar-refractivity contribution in [1.29, 1.82) is 0 Å². The van der Waals surface area contributed by atoms with Crippen molar-refractivity contribution in [2.75, 3.05) is 6.61 Å². The van der Waals surface area contributed by atoms with Gasteiger partial charge in [0.15, 0.2) is 0 Å². The van der Waals surface area contributed by atoms with E-state index in [2.05, 4.69) is 0 Å². The summed E-state index contributed by atoms with van der Waals surface area (Å²) in [6, 6.07) is 5.71. The molecule has 1 aromatic heterocycles. The number of ether oxygens (including phenoxy) is 1. The lowest BCUT2D eigenvalue weighted by Gasteiger charge is -2.39. The van der Waals surface area contributed by atoms with Crippen LogP contribution in [0.15, 0.2) is 30.5 Å². The minimum Gasteiger partial charge on any atom is -0.394 e. The summed E-state index contributed by atoms with van der Waals surface area (Å²) in [4.78, 5) is 15.7. The summed E-state index contributed by atoms with van der Waals surface area (Å²) in [7, 11) is 0. The van der Waals surface area contributed by atoms with Gasteiger partial charge in [0.25, 0.3) is 12.0 Å². The Labute approximate surface area is 135 Å². The van der Waals surface area contributed by atoms with Crippen LogP contribution in [0.4, 0.5) is 5.69 Å². The van der Waals surface area contributed by atoms with Gasteiger partial charge >= 0.3 is 0 Å². The minimum atomic E-state index is -1.55. The molecule has 0 spiro atoms. The molecule has 5 atom stereocenters. The fraction of sp³-hybridized carbons (Fsp3) is 0.429. The maximum atomic E-state index is 10.8. The van der Waals surface area contributed by atoms with E-state index >= 15 is 0 Å². The number of nitrogens with zero attached hydrogens (tertiary/aromatic N) is 2. The van der Waals surface area contributed by atoms with Crippen molar-refractivity contribution in [3.8, 4) is 0 Å². The third-order valence-electron chi connectivity index (χ3n) is 3.91. The molecule has 1 aliphatic heterocycles. The normalized spacial score (nSPS) is 30.4. The molecule has 0 radical (unpaired) electrons. The minimum absolute atomic E-state index is 0.0758. The van der Waals surface area contributed by atoms with Gasteiger partial charge in [0.05, 0.1) is 17.0 Å². The number of hydrogen-bond donors (Lipinski definition) is 4. The van der Waals surface area contributed by atoms with E-state index < -0.39 is 42.2 Å². The smallest absolute Gasteiger partial charge is 0.270 e. The van der Waals surface area contributed by atoms with Crippen molar-refractivity contribution >= 4 is 16.6 Å². The third-order valence-corrected chi connectivity index (χ3v) is 3.91. The Morgan fingerprint density at radius 2 is 1.96 bits per heavy atom. The Morgan fingerprint density at radius 3 is 2.62 bits per heavy atom. The van der Waals surface area contributed by atoms with Crippen molar-refractivity contribution < 1.29 is 34.9 Å². The maximum Gasteiger partial charge on any atom is 0.270 e. The van der Waals surface area contributed by atoms with Crippen LogP contribution in [-0.2, 0) is 4.74 Å². The Morgan fingerprint density at radius 1 is 1.21 bits per heavy atom. The Bertz CT molecular complexity index is 745. The molecular formula is C14H16N2O8. The van der Waals surface area contributed by atoms with Crippen molar-refractivity contribution in [1.82, 2.24) is 4.73 Å². The standard InChI is InChI=1S/C14H16N2O8/c17-6-10-11(18)12(19)13(20)14(23-10)24-15-4-3-7-5-8(16(21)22)1-2-9(7)15/h1-5,10-14,17-20H,6H2/t10-,11-,12+,13-,14+/m1/s1. The number of non-ortho nitro benzene ring substituents is 1. The number of fused-ring (bicyclic) bond motifs is 1. The number of hydrogen-bond acceptors (Lipinski definition) is 8. The zero-order chi connectivity index (χ0) is 17.4. The molecule has 0 aliphatic carbocycles. The first-order valence-corrected chi connectivity index (χ1v) is 7.15. The molecule has 2 aromatic rings. The molecule has 1 fully saturated rings. The summed E-state index contributed by atoms with van der Waals surface area (Å²) in [5.41, 5.74) is 0.408. The van der Waals surface area contributed by atoms with E-state index in [4.69, 9.17) is 14.7 Å². The van der Waals surface area contributed by atoms with E-state index in [1.165, 1.54) is 29.1 Å². The van der Waals surface area contributed by atoms with Crippen molar-refractivity contribution in [3.63, 3.8) is 0 Å². The molecule has 10 heteroatoms. The fourth-order valence-corrected chi connectivity index (χ4v) is 2.58. The van der Waals surface area contributed by atoms with Gasteiger partial charge in [-0.25, -0.2) is 0 Å². The highest BCUT2D eigenvalue weighted by molar-refractivity contribution is 5.82. The first kappa shape index (κ1) is 16.6. The number of benzene rings is 1. The van der Waals surface area contributed by atoms with Gasteiger partial charge in [0.1, 0.15) is 24.4 Å². The highest BCUT2D eigenvalue weighted by atomic mass is 16.8. The van der Waals surface area contributed by atoms with E-state index in [9.17, 15) is 25.4 Å². The second-order valence-corrected chi connectivity index (χ2v) is 5.44. The SMILES string of the molecule is O=[N+]([O-])c1ccc2c(ccn2O[C@@H]2O[C@H](CO)[C@@H](O)[C@H](O)[C@H]2O)c1. The number of nitro groups is 1. The summed E-state index contributed by atoms with van der Waals surface area (Å²) in [5, 5.41) is 49.9. The number of nitro benzene ring substituents is 1. The lowest BCUT2D eigenvalue weighted by molar-refractivity contribution is -0.384. The van der Waals surface area contributed by atoms with E-state index in [1.807, 2.05) is 0 Å². The van der Waals surface area contributed by atoms with Gasteiger partial charge in [-0.05, 0) is 12.1 Å². The molecule has 2 heterocycles. The first-order chi connectivity index (χ1) is 11.4. The van der Waals surface area contributed by atoms with Gasteiger partial charge in [-0.3, -0.25) is 10.1 Å². The largest absolute Gasteiger partial charge is 0.394 e. The first-order valence-electron chi connectivity index (χ1n) is 7.15. The number of aliphatic hydroxyl groups excluding tert-OH is 4. The molecule has 1 aromatic carbocycles. The zero-order valence-corrected chi connectivity index (χ0v) is 12.3. The molecule has 0 saturated carbocycles. The van der Waals surface area contributed by atoms with Crippen molar-refractivity contribution in [2.24, 2.45) is 0 Å². The van der Waals surface area contributed by atoms with Crippen LogP contribution < -0.4 is 4.84 Å². The Hall–Kier alpha value is -2.24. The summed E-state index contributed by atoms with van der Waals surface area (Å²) in [5.74, 6) is 0. The van der Waals surface area contributed by atoms with Gasteiger partial charge in [0, 0.05) is 23.7 Å². The average Bonchev–Trinajstić information content (AvgIpc) is 2.97. The van der Waals surface area contributed by atoms with E-state index in [-0.39, 0.29) is 5.69 Å². The molecule has 1 saturated heterocycles. The molecule has 3 rings (SSSR count). The second kappa shape index (κ2) is 6.34. The Balaban J connectivity index is 1.85. The number of aliphatic hydroxyl groups is 4. The van der Waals surface area contributed by atoms with Crippen LogP contribution in [0, 0.1) is 10.1 Å². The third kappa shape index (κ3) is 2.81. The monoisotopic (exact) mass is 340 g/mol. The topological polar surface area (TPSA) is 147 Å². The van der Waals surface area contributed by atoms with Crippen LogP contribution >= 0.6 is 0 Å². The predicted octanol–water partition coefficient (Wildman–Crippen LogP) is -1.22. The molecule has 0 unspecified atom stereocenters. The fourth-order valence-electron chi connectivity index (χ4n) is 2.58. The molecule has 1 aliphatic rings. The summed E-state index contributed by atoms with van der Waals surface area (Å²) < 4.78 is 6.48. The van der Waals surface area contributed by atoms with Gasteiger partial charge in [-0.1, -0.05) is 0 Å². The summed E-state index contributed by atoms with van der Waals surface area (Å²) >= 11 is 0. The highest BCUT2D eigenvalue weighted by Crippen LogP contribution is 2.24. The predicted molar refractivity (Wildman–Crippen MR) is 78.9 cm³/mol. The molecule has 24 heavy (non-hydrogen) atoms. The quantitative estimate of drug-likeness (QED) is 0.400. The van der Waals surface area contributed by atoms with Gasteiger partial charge in [0.2, 0.25) is 0 Å². The van der Waals surface area contributed by atoms with Gasteiger partial charge in [-0.15, -0.1) is 0 Å². The van der Waals surface area contributed by atoms with Crippen LogP contribution in [0.5, 0.6) is 0 Å².